The van der Waals surface area contributed by atoms with E-state index < -0.39 is 23.9 Å². The molecule has 3 rings (SSSR count). The fourth-order valence-corrected chi connectivity index (χ4v) is 7.57. The SMILES string of the molecule is C=C(C)C(=O)OCCOC(=O)CCC(=O)NCCC1CCC2C1C1CCC2(CCNC(=O)CCC(=O)OCCOC(=O)C(=C)C)C1. The number of carbonyl (C=O) groups is 6. The maximum absolute atomic E-state index is 12.4. The molecule has 0 spiro atoms. The van der Waals surface area contributed by atoms with Gasteiger partial charge in [-0.15, -0.1) is 0 Å². The van der Waals surface area contributed by atoms with Crippen molar-refractivity contribution in [2.75, 3.05) is 39.5 Å². The summed E-state index contributed by atoms with van der Waals surface area (Å²) in [5.74, 6) is 0.0881. The minimum absolute atomic E-state index is 0.0325. The highest BCUT2D eigenvalue weighted by Crippen LogP contribution is 2.68. The molecule has 256 valence electrons. The Kier molecular flexibility index (Phi) is 14.3. The van der Waals surface area contributed by atoms with Gasteiger partial charge in [0.2, 0.25) is 11.8 Å². The zero-order valence-electron chi connectivity index (χ0n) is 27.3. The third-order valence-electron chi connectivity index (χ3n) is 9.62. The lowest BCUT2D eigenvalue weighted by Crippen LogP contribution is -2.35. The number of fused-ring (bicyclic) bond motifs is 5. The Labute approximate surface area is 271 Å². The van der Waals surface area contributed by atoms with Gasteiger partial charge < -0.3 is 29.6 Å². The lowest BCUT2D eigenvalue weighted by molar-refractivity contribution is -0.150. The summed E-state index contributed by atoms with van der Waals surface area (Å²) in [6.45, 7) is 11.0. The number of hydrogen-bond donors (Lipinski definition) is 2. The normalized spacial score (nSPS) is 24.0. The van der Waals surface area contributed by atoms with Crippen LogP contribution in [0.2, 0.25) is 0 Å². The Morgan fingerprint density at radius 2 is 1.22 bits per heavy atom. The molecule has 0 saturated heterocycles. The molecule has 46 heavy (non-hydrogen) atoms. The molecule has 2 amide bonds. The number of nitrogens with one attached hydrogen (secondary N) is 2. The zero-order valence-corrected chi connectivity index (χ0v) is 27.3. The highest BCUT2D eigenvalue weighted by molar-refractivity contribution is 5.87. The lowest BCUT2D eigenvalue weighted by Gasteiger charge is -2.37. The quantitative estimate of drug-likeness (QED) is 0.0868. The minimum Gasteiger partial charge on any atom is -0.462 e. The third-order valence-corrected chi connectivity index (χ3v) is 9.62. The van der Waals surface area contributed by atoms with Gasteiger partial charge in [0, 0.05) is 37.1 Å². The van der Waals surface area contributed by atoms with Crippen molar-refractivity contribution in [2.45, 2.75) is 84.5 Å². The van der Waals surface area contributed by atoms with Crippen molar-refractivity contribution < 1.29 is 47.7 Å². The summed E-state index contributed by atoms with van der Waals surface area (Å²) >= 11 is 0. The molecule has 5 atom stereocenters. The number of carbonyl (C=O) groups excluding carboxylic acids is 6. The summed E-state index contributed by atoms with van der Waals surface area (Å²) < 4.78 is 19.8. The summed E-state index contributed by atoms with van der Waals surface area (Å²) in [4.78, 5) is 71.1. The third kappa shape index (κ3) is 11.0. The van der Waals surface area contributed by atoms with Crippen LogP contribution in [0.15, 0.2) is 24.3 Å². The molecule has 0 radical (unpaired) electrons. The van der Waals surface area contributed by atoms with Crippen LogP contribution in [0.1, 0.15) is 84.5 Å². The van der Waals surface area contributed by atoms with Gasteiger partial charge in [-0.25, -0.2) is 9.59 Å². The van der Waals surface area contributed by atoms with Gasteiger partial charge in [-0.2, -0.15) is 0 Å². The largest absolute Gasteiger partial charge is 0.462 e. The fraction of sp³-hybridized carbons (Fsp3) is 0.706. The number of esters is 4. The van der Waals surface area contributed by atoms with Crippen molar-refractivity contribution in [3.63, 3.8) is 0 Å². The van der Waals surface area contributed by atoms with Crippen LogP contribution in [0.4, 0.5) is 0 Å². The van der Waals surface area contributed by atoms with E-state index in [0.29, 0.717) is 36.8 Å². The molecule has 2 N–H and O–H groups in total. The van der Waals surface area contributed by atoms with Crippen molar-refractivity contribution in [2.24, 2.45) is 29.1 Å². The van der Waals surface area contributed by atoms with Crippen LogP contribution in [-0.4, -0.2) is 75.2 Å². The Bertz CT molecular complexity index is 1170. The van der Waals surface area contributed by atoms with Crippen molar-refractivity contribution >= 4 is 35.7 Å². The first-order valence-electron chi connectivity index (χ1n) is 16.4. The van der Waals surface area contributed by atoms with E-state index in [-0.39, 0.29) is 80.5 Å². The second kappa shape index (κ2) is 17.9. The van der Waals surface area contributed by atoms with E-state index in [1.807, 2.05) is 0 Å². The first-order chi connectivity index (χ1) is 21.9. The lowest BCUT2D eigenvalue weighted by atomic mass is 9.68. The van der Waals surface area contributed by atoms with Gasteiger partial charge in [0.05, 0.1) is 12.8 Å². The van der Waals surface area contributed by atoms with Crippen LogP contribution in [0.3, 0.4) is 0 Å². The first-order valence-corrected chi connectivity index (χ1v) is 16.4. The summed E-state index contributed by atoms with van der Waals surface area (Å²) in [6, 6.07) is 0. The predicted molar refractivity (Wildman–Crippen MR) is 167 cm³/mol. The molecule has 0 aromatic carbocycles. The molecule has 0 aromatic heterocycles. The number of ether oxygens (including phenoxy) is 4. The van der Waals surface area contributed by atoms with Crippen LogP contribution in [0, 0.1) is 29.1 Å². The van der Waals surface area contributed by atoms with Crippen LogP contribution in [0.5, 0.6) is 0 Å². The second-order valence-corrected chi connectivity index (χ2v) is 12.9. The summed E-state index contributed by atoms with van der Waals surface area (Å²) in [5.41, 5.74) is 0.795. The molecule has 0 aliphatic heterocycles. The predicted octanol–water partition coefficient (Wildman–Crippen LogP) is 3.33. The smallest absolute Gasteiger partial charge is 0.333 e. The highest BCUT2D eigenvalue weighted by atomic mass is 16.6. The van der Waals surface area contributed by atoms with Crippen molar-refractivity contribution in [3.05, 3.63) is 24.3 Å². The van der Waals surface area contributed by atoms with Crippen molar-refractivity contribution in [3.8, 4) is 0 Å². The van der Waals surface area contributed by atoms with E-state index in [2.05, 4.69) is 23.8 Å². The van der Waals surface area contributed by atoms with Crippen molar-refractivity contribution in [1.29, 1.82) is 0 Å². The van der Waals surface area contributed by atoms with Gasteiger partial charge in [-0.1, -0.05) is 13.2 Å². The van der Waals surface area contributed by atoms with Crippen LogP contribution >= 0.6 is 0 Å². The molecule has 3 saturated carbocycles. The zero-order chi connectivity index (χ0) is 33.7. The monoisotopic (exact) mass is 646 g/mol. The van der Waals surface area contributed by atoms with Crippen LogP contribution in [0.25, 0.3) is 0 Å². The summed E-state index contributed by atoms with van der Waals surface area (Å²) in [6.07, 6.45) is 7.79. The molecule has 0 aromatic rings. The van der Waals surface area contributed by atoms with Crippen LogP contribution < -0.4 is 10.6 Å². The van der Waals surface area contributed by atoms with Gasteiger partial charge in [-0.3, -0.25) is 19.2 Å². The molecule has 2 bridgehead atoms. The van der Waals surface area contributed by atoms with Crippen LogP contribution in [-0.2, 0) is 47.7 Å². The van der Waals surface area contributed by atoms with E-state index in [1.165, 1.54) is 39.5 Å². The average Bonchev–Trinajstić information content (AvgIpc) is 3.72. The minimum atomic E-state index is -0.540. The molecule has 3 aliphatic rings. The Morgan fingerprint density at radius 3 is 1.76 bits per heavy atom. The maximum atomic E-state index is 12.4. The standard InChI is InChI=1S/C34H50N2O10/c1-22(2)32(41)45-19-17-43-29(39)9-7-27(37)35-15-12-24-5-6-26-31(24)25-11-13-34(26,21-25)14-16-36-28(38)8-10-30(40)44-18-20-46-33(42)23(3)4/h24-26,31H,1,3,5-21H2,2,4H3,(H,35,37)(H,36,38). The number of amides is 2. The molecule has 12 heteroatoms. The molecule has 12 nitrogen and oxygen atoms in total. The Balaban J connectivity index is 1.27. The van der Waals surface area contributed by atoms with Gasteiger partial charge in [0.15, 0.2) is 0 Å². The molecule has 3 aliphatic carbocycles. The van der Waals surface area contributed by atoms with Gasteiger partial charge in [0.1, 0.15) is 26.4 Å². The van der Waals surface area contributed by atoms with Crippen molar-refractivity contribution in [1.82, 2.24) is 10.6 Å². The molecule has 0 heterocycles. The van der Waals surface area contributed by atoms with Gasteiger partial charge in [0.25, 0.3) is 0 Å². The molecule has 5 unspecified atom stereocenters. The van der Waals surface area contributed by atoms with E-state index in [9.17, 15) is 28.8 Å². The number of hydrogen-bond acceptors (Lipinski definition) is 10. The Morgan fingerprint density at radius 1 is 0.696 bits per heavy atom. The molecular weight excluding hydrogens is 596 g/mol. The average molecular weight is 647 g/mol. The van der Waals surface area contributed by atoms with E-state index >= 15 is 0 Å². The summed E-state index contributed by atoms with van der Waals surface area (Å²) in [5, 5.41) is 5.94. The number of rotatable bonds is 20. The van der Waals surface area contributed by atoms with E-state index in [0.717, 1.165) is 19.3 Å². The highest BCUT2D eigenvalue weighted by Gasteiger charge is 2.60. The topological polar surface area (TPSA) is 163 Å². The Hall–Kier alpha value is -3.70. The van der Waals surface area contributed by atoms with E-state index in [4.69, 9.17) is 18.9 Å². The molecule has 3 fully saturated rings. The van der Waals surface area contributed by atoms with Gasteiger partial charge >= 0.3 is 23.9 Å². The second-order valence-electron chi connectivity index (χ2n) is 12.9. The van der Waals surface area contributed by atoms with E-state index in [1.54, 1.807) is 0 Å². The van der Waals surface area contributed by atoms with Gasteiger partial charge in [-0.05, 0) is 87.9 Å². The fourth-order valence-electron chi connectivity index (χ4n) is 7.57. The molecular formula is C34H50N2O10. The maximum Gasteiger partial charge on any atom is 0.333 e. The first kappa shape index (κ1) is 36.8. The summed E-state index contributed by atoms with van der Waals surface area (Å²) in [7, 11) is 0.